The molecule has 0 aliphatic carbocycles. The summed E-state index contributed by atoms with van der Waals surface area (Å²) in [6.45, 7) is 4.99. The molecule has 4 heteroatoms. The standard InChI is InChI=1S/C14H21NO2S/c1-14(2)10-12(15-8-9-18(3)16)11-6-4-5-7-13(11)17-14/h4-7,12,15H,8-10H2,1-3H3. The van der Waals surface area contributed by atoms with Crippen LogP contribution in [0.4, 0.5) is 0 Å². The molecule has 18 heavy (non-hydrogen) atoms. The Balaban J connectivity index is 2.12. The smallest absolute Gasteiger partial charge is 0.124 e. The van der Waals surface area contributed by atoms with Gasteiger partial charge in [0.1, 0.15) is 11.4 Å². The van der Waals surface area contributed by atoms with E-state index in [0.29, 0.717) is 5.75 Å². The predicted octanol–water partition coefficient (Wildman–Crippen LogP) is 2.26. The van der Waals surface area contributed by atoms with Crippen LogP contribution in [0.1, 0.15) is 31.9 Å². The first-order valence-corrected chi connectivity index (χ1v) is 8.02. The van der Waals surface area contributed by atoms with Gasteiger partial charge in [-0.15, -0.1) is 0 Å². The van der Waals surface area contributed by atoms with E-state index in [1.807, 2.05) is 18.2 Å². The Bertz CT molecular complexity index is 445. The van der Waals surface area contributed by atoms with Crippen LogP contribution < -0.4 is 10.1 Å². The fraction of sp³-hybridized carbons (Fsp3) is 0.571. The van der Waals surface area contributed by atoms with Crippen LogP contribution in [0.5, 0.6) is 5.75 Å². The van der Waals surface area contributed by atoms with E-state index >= 15 is 0 Å². The van der Waals surface area contributed by atoms with Gasteiger partial charge in [-0.3, -0.25) is 4.21 Å². The van der Waals surface area contributed by atoms with Gasteiger partial charge in [-0.1, -0.05) is 18.2 Å². The first-order valence-electron chi connectivity index (χ1n) is 6.29. The highest BCUT2D eigenvalue weighted by Gasteiger charge is 2.32. The van der Waals surface area contributed by atoms with Crippen molar-refractivity contribution in [3.05, 3.63) is 29.8 Å². The Morgan fingerprint density at radius 1 is 1.44 bits per heavy atom. The molecule has 0 amide bonds. The van der Waals surface area contributed by atoms with E-state index in [1.165, 1.54) is 5.56 Å². The molecule has 1 heterocycles. The van der Waals surface area contributed by atoms with Crippen molar-refractivity contribution in [1.29, 1.82) is 0 Å². The number of hydrogen-bond acceptors (Lipinski definition) is 3. The van der Waals surface area contributed by atoms with Gasteiger partial charge in [0.15, 0.2) is 0 Å². The van der Waals surface area contributed by atoms with Crippen LogP contribution in [0, 0.1) is 0 Å². The molecule has 2 atom stereocenters. The lowest BCUT2D eigenvalue weighted by atomic mass is 9.90. The second-order valence-electron chi connectivity index (χ2n) is 5.39. The molecule has 1 N–H and O–H groups in total. The van der Waals surface area contributed by atoms with Gasteiger partial charge in [-0.05, 0) is 19.9 Å². The maximum absolute atomic E-state index is 11.1. The molecular formula is C14H21NO2S. The lowest BCUT2D eigenvalue weighted by Gasteiger charge is -2.38. The topological polar surface area (TPSA) is 38.3 Å². The molecule has 0 bridgehead atoms. The van der Waals surface area contributed by atoms with Crippen molar-refractivity contribution in [2.24, 2.45) is 0 Å². The summed E-state index contributed by atoms with van der Waals surface area (Å²) in [6.07, 6.45) is 2.67. The Kier molecular flexibility index (Phi) is 4.07. The minimum atomic E-state index is -0.741. The van der Waals surface area contributed by atoms with E-state index in [0.717, 1.165) is 18.7 Å². The molecule has 1 aromatic carbocycles. The van der Waals surface area contributed by atoms with Gasteiger partial charge < -0.3 is 10.1 Å². The minimum absolute atomic E-state index is 0.155. The SMILES string of the molecule is CS(=O)CCNC1CC(C)(C)Oc2ccccc21. The predicted molar refractivity (Wildman–Crippen MR) is 75.4 cm³/mol. The van der Waals surface area contributed by atoms with Crippen molar-refractivity contribution in [3.63, 3.8) is 0 Å². The molecule has 100 valence electrons. The number of fused-ring (bicyclic) bond motifs is 1. The van der Waals surface area contributed by atoms with E-state index in [-0.39, 0.29) is 11.6 Å². The summed E-state index contributed by atoms with van der Waals surface area (Å²) in [5, 5.41) is 3.49. The van der Waals surface area contributed by atoms with Gasteiger partial charge in [0.2, 0.25) is 0 Å². The first kappa shape index (κ1) is 13.6. The van der Waals surface area contributed by atoms with Gasteiger partial charge in [-0.25, -0.2) is 0 Å². The third kappa shape index (κ3) is 3.33. The molecule has 2 rings (SSSR count). The molecule has 0 radical (unpaired) electrons. The lowest BCUT2D eigenvalue weighted by Crippen LogP contribution is -2.40. The van der Waals surface area contributed by atoms with Crippen molar-refractivity contribution in [2.45, 2.75) is 31.9 Å². The second kappa shape index (κ2) is 5.41. The Hall–Kier alpha value is -0.870. The van der Waals surface area contributed by atoms with Crippen molar-refractivity contribution < 1.29 is 8.95 Å². The van der Waals surface area contributed by atoms with Crippen LogP contribution in [0.2, 0.25) is 0 Å². The molecule has 3 nitrogen and oxygen atoms in total. The molecule has 2 unspecified atom stereocenters. The monoisotopic (exact) mass is 267 g/mol. The van der Waals surface area contributed by atoms with Crippen LogP contribution in [0.15, 0.2) is 24.3 Å². The number of ether oxygens (including phenoxy) is 1. The zero-order valence-corrected chi connectivity index (χ0v) is 12.0. The van der Waals surface area contributed by atoms with Gasteiger partial charge in [0.05, 0.1) is 0 Å². The van der Waals surface area contributed by atoms with Gasteiger partial charge >= 0.3 is 0 Å². The van der Waals surface area contributed by atoms with Crippen molar-refractivity contribution in [1.82, 2.24) is 5.32 Å². The summed E-state index contributed by atoms with van der Waals surface area (Å²) >= 11 is 0. The average Bonchev–Trinajstić information content (AvgIpc) is 2.27. The minimum Gasteiger partial charge on any atom is -0.487 e. The summed E-state index contributed by atoms with van der Waals surface area (Å²) in [7, 11) is -0.741. The van der Waals surface area contributed by atoms with Crippen molar-refractivity contribution in [2.75, 3.05) is 18.6 Å². The molecule has 0 saturated heterocycles. The van der Waals surface area contributed by atoms with Crippen LogP contribution >= 0.6 is 0 Å². The summed E-state index contributed by atoms with van der Waals surface area (Å²) < 4.78 is 17.1. The third-order valence-electron chi connectivity index (χ3n) is 3.16. The lowest BCUT2D eigenvalue weighted by molar-refractivity contribution is 0.0665. The highest BCUT2D eigenvalue weighted by atomic mass is 32.2. The highest BCUT2D eigenvalue weighted by Crippen LogP contribution is 2.38. The van der Waals surface area contributed by atoms with Crippen molar-refractivity contribution in [3.8, 4) is 5.75 Å². The average molecular weight is 267 g/mol. The molecule has 1 aliphatic heterocycles. The largest absolute Gasteiger partial charge is 0.487 e. The normalized spacial score (nSPS) is 22.9. The molecule has 0 saturated carbocycles. The Morgan fingerprint density at radius 3 is 2.89 bits per heavy atom. The molecule has 0 aromatic heterocycles. The summed E-state index contributed by atoms with van der Waals surface area (Å²) in [5.41, 5.74) is 1.05. The van der Waals surface area contributed by atoms with E-state index in [4.69, 9.17) is 4.74 Å². The highest BCUT2D eigenvalue weighted by molar-refractivity contribution is 7.84. The second-order valence-corrected chi connectivity index (χ2v) is 6.94. The van der Waals surface area contributed by atoms with E-state index in [9.17, 15) is 4.21 Å². The molecule has 1 aliphatic rings. The quantitative estimate of drug-likeness (QED) is 0.909. The van der Waals surface area contributed by atoms with Crippen LogP contribution in [-0.2, 0) is 10.8 Å². The number of nitrogens with one attached hydrogen (secondary N) is 1. The fourth-order valence-corrected chi connectivity index (χ4v) is 2.77. The van der Waals surface area contributed by atoms with Crippen molar-refractivity contribution >= 4 is 10.8 Å². The number of para-hydroxylation sites is 1. The van der Waals surface area contributed by atoms with Gasteiger partial charge in [-0.2, -0.15) is 0 Å². The molecular weight excluding hydrogens is 246 g/mol. The summed E-state index contributed by atoms with van der Waals surface area (Å²) in [5.74, 6) is 1.66. The zero-order valence-electron chi connectivity index (χ0n) is 11.2. The Labute approximate surface area is 111 Å². The van der Waals surface area contributed by atoms with E-state index in [1.54, 1.807) is 6.26 Å². The summed E-state index contributed by atoms with van der Waals surface area (Å²) in [4.78, 5) is 0. The fourth-order valence-electron chi connectivity index (χ4n) is 2.36. The maximum Gasteiger partial charge on any atom is 0.124 e. The van der Waals surface area contributed by atoms with Crippen LogP contribution in [0.25, 0.3) is 0 Å². The molecule has 0 fully saturated rings. The van der Waals surface area contributed by atoms with Gasteiger partial charge in [0.25, 0.3) is 0 Å². The van der Waals surface area contributed by atoms with E-state index in [2.05, 4.69) is 25.2 Å². The third-order valence-corrected chi connectivity index (χ3v) is 3.94. The Morgan fingerprint density at radius 2 is 2.17 bits per heavy atom. The number of rotatable bonds is 4. The van der Waals surface area contributed by atoms with E-state index < -0.39 is 10.8 Å². The first-order chi connectivity index (χ1) is 8.48. The van der Waals surface area contributed by atoms with Gasteiger partial charge in [0, 0.05) is 47.4 Å². The van der Waals surface area contributed by atoms with Crippen LogP contribution in [-0.4, -0.2) is 28.4 Å². The maximum atomic E-state index is 11.1. The zero-order chi connectivity index (χ0) is 13.2. The number of benzene rings is 1. The molecule has 0 spiro atoms. The van der Waals surface area contributed by atoms with Crippen LogP contribution in [0.3, 0.4) is 0 Å². The summed E-state index contributed by atoms with van der Waals surface area (Å²) in [6, 6.07) is 8.44. The molecule has 1 aromatic rings. The number of hydrogen-bond donors (Lipinski definition) is 1.